The van der Waals surface area contributed by atoms with Crippen LogP contribution in [0.5, 0.6) is 0 Å². The van der Waals surface area contributed by atoms with Crippen LogP contribution in [0, 0.1) is 5.92 Å². The zero-order valence-corrected chi connectivity index (χ0v) is 24.1. The monoisotopic (exact) mass is 564 g/mol. The van der Waals surface area contributed by atoms with Gasteiger partial charge in [-0.15, -0.1) is 0 Å². The third-order valence-corrected chi connectivity index (χ3v) is 8.59. The van der Waals surface area contributed by atoms with E-state index in [-0.39, 0.29) is 42.3 Å². The highest BCUT2D eigenvalue weighted by Crippen LogP contribution is 2.41. The molecule has 3 fully saturated rings. The van der Waals surface area contributed by atoms with Gasteiger partial charge in [0.05, 0.1) is 11.1 Å². The highest BCUT2D eigenvalue weighted by molar-refractivity contribution is 5.97. The average Bonchev–Trinajstić information content (AvgIpc) is 3.47. The lowest BCUT2D eigenvalue weighted by Gasteiger charge is -2.49. The van der Waals surface area contributed by atoms with Gasteiger partial charge < -0.3 is 24.2 Å². The molecule has 11 heteroatoms. The van der Waals surface area contributed by atoms with E-state index in [4.69, 9.17) is 4.42 Å². The molecule has 1 aliphatic carbocycles. The highest BCUT2D eigenvalue weighted by Gasteiger charge is 2.48. The minimum atomic E-state index is -4.36. The maximum atomic E-state index is 13.7. The SMILES string of the molecule is CC1(O)CC(C(=O)N2CCN(C(=O)c3cc4nc(N5CCC[C@H]5C(F)(F)F)cc(C(C)(C)C)c4o3)C(C)(C)C2)C1. The Labute approximate surface area is 232 Å². The number of carbonyl (C=O) groups excluding carboxylic acids is 2. The summed E-state index contributed by atoms with van der Waals surface area (Å²) in [6.07, 6.45) is -3.04. The summed E-state index contributed by atoms with van der Waals surface area (Å²) < 4.78 is 47.3. The minimum absolute atomic E-state index is 0.000980. The molecule has 3 aliphatic rings. The fraction of sp³-hybridized carbons (Fsp3) is 0.690. The normalized spacial score (nSPS) is 27.3. The van der Waals surface area contributed by atoms with Crippen molar-refractivity contribution < 1.29 is 32.3 Å². The predicted octanol–water partition coefficient (Wildman–Crippen LogP) is 4.88. The molecule has 2 aliphatic heterocycles. The first-order valence-electron chi connectivity index (χ1n) is 14.0. The number of hydrogen-bond acceptors (Lipinski definition) is 6. The minimum Gasteiger partial charge on any atom is -0.449 e. The van der Waals surface area contributed by atoms with Gasteiger partial charge in [0.1, 0.15) is 17.4 Å². The summed E-state index contributed by atoms with van der Waals surface area (Å²) >= 11 is 0. The summed E-state index contributed by atoms with van der Waals surface area (Å²) in [4.78, 5) is 36.0. The third-order valence-electron chi connectivity index (χ3n) is 8.59. The van der Waals surface area contributed by atoms with E-state index in [0.29, 0.717) is 55.6 Å². The first-order chi connectivity index (χ1) is 18.4. The Bertz CT molecular complexity index is 1320. The smallest absolute Gasteiger partial charge is 0.408 e. The molecule has 1 N–H and O–H groups in total. The van der Waals surface area contributed by atoms with E-state index >= 15 is 0 Å². The van der Waals surface area contributed by atoms with Crippen LogP contribution in [-0.4, -0.2) is 81.2 Å². The summed E-state index contributed by atoms with van der Waals surface area (Å²) in [6, 6.07) is 1.60. The van der Waals surface area contributed by atoms with Gasteiger partial charge in [0.2, 0.25) is 5.91 Å². The molecule has 40 heavy (non-hydrogen) atoms. The fourth-order valence-electron chi connectivity index (χ4n) is 6.49. The van der Waals surface area contributed by atoms with Crippen molar-refractivity contribution in [3.63, 3.8) is 0 Å². The van der Waals surface area contributed by atoms with Crippen molar-refractivity contribution in [3.05, 3.63) is 23.5 Å². The molecule has 1 atom stereocenters. The van der Waals surface area contributed by atoms with Crippen molar-refractivity contribution in [2.45, 2.75) is 96.0 Å². The number of carbonyl (C=O) groups is 2. The van der Waals surface area contributed by atoms with Crippen molar-refractivity contribution in [2.75, 3.05) is 31.1 Å². The fourth-order valence-corrected chi connectivity index (χ4v) is 6.49. The number of aliphatic hydroxyl groups is 1. The summed E-state index contributed by atoms with van der Waals surface area (Å²) in [5.41, 5.74) is -0.522. The number of fused-ring (bicyclic) bond motifs is 1. The van der Waals surface area contributed by atoms with E-state index in [1.54, 1.807) is 22.8 Å². The molecular formula is C29H39F3N4O4. The number of piperazine rings is 1. The average molecular weight is 565 g/mol. The van der Waals surface area contributed by atoms with Crippen LogP contribution in [0.3, 0.4) is 0 Å². The Hall–Kier alpha value is -2.82. The number of amides is 2. The molecule has 0 spiro atoms. The summed E-state index contributed by atoms with van der Waals surface area (Å²) in [5, 5.41) is 10.0. The van der Waals surface area contributed by atoms with Gasteiger partial charge in [-0.25, -0.2) is 4.98 Å². The molecular weight excluding hydrogens is 525 g/mol. The maximum absolute atomic E-state index is 13.7. The van der Waals surface area contributed by atoms with E-state index in [9.17, 15) is 27.9 Å². The Morgan fingerprint density at radius 2 is 1.75 bits per heavy atom. The van der Waals surface area contributed by atoms with Crippen LogP contribution >= 0.6 is 0 Å². The molecule has 0 bridgehead atoms. The molecule has 4 heterocycles. The Morgan fingerprint density at radius 1 is 1.07 bits per heavy atom. The largest absolute Gasteiger partial charge is 0.449 e. The second-order valence-corrected chi connectivity index (χ2v) is 13.6. The first kappa shape index (κ1) is 28.7. The second-order valence-electron chi connectivity index (χ2n) is 13.6. The highest BCUT2D eigenvalue weighted by atomic mass is 19.4. The molecule has 8 nitrogen and oxygen atoms in total. The van der Waals surface area contributed by atoms with Crippen molar-refractivity contribution in [1.82, 2.24) is 14.8 Å². The maximum Gasteiger partial charge on any atom is 0.408 e. The molecule has 1 saturated carbocycles. The quantitative estimate of drug-likeness (QED) is 0.572. The topological polar surface area (TPSA) is 90.1 Å². The summed E-state index contributed by atoms with van der Waals surface area (Å²) in [7, 11) is 0. The number of aromatic nitrogens is 1. The van der Waals surface area contributed by atoms with Gasteiger partial charge in [0.25, 0.3) is 5.91 Å². The molecule has 220 valence electrons. The van der Waals surface area contributed by atoms with E-state index in [1.807, 2.05) is 34.6 Å². The van der Waals surface area contributed by atoms with E-state index in [1.165, 1.54) is 11.0 Å². The molecule has 2 aromatic heterocycles. The molecule has 0 aromatic carbocycles. The number of furan rings is 1. The number of nitrogens with zero attached hydrogens (tertiary/aromatic N) is 4. The number of alkyl halides is 3. The van der Waals surface area contributed by atoms with Crippen molar-refractivity contribution in [1.29, 1.82) is 0 Å². The van der Waals surface area contributed by atoms with Crippen LogP contribution in [-0.2, 0) is 10.2 Å². The Kier molecular flexibility index (Phi) is 6.71. The number of anilines is 1. The van der Waals surface area contributed by atoms with Crippen LogP contribution in [0.1, 0.15) is 83.3 Å². The van der Waals surface area contributed by atoms with Crippen LogP contribution in [0.4, 0.5) is 19.0 Å². The standard InChI is InChI=1S/C29H39F3N4O4/c1-26(2,3)18-12-22(35-9-7-8-21(35)29(30,31)32)33-19-13-20(40-23(18)19)25(38)36-11-10-34(16-27(36,4)5)24(37)17-14-28(6,39)15-17/h12-13,17,21,39H,7-11,14-16H2,1-6H3/t17?,21-,28?/m0/s1. The van der Waals surface area contributed by atoms with Crippen LogP contribution in [0.2, 0.25) is 0 Å². The second kappa shape index (κ2) is 9.36. The van der Waals surface area contributed by atoms with Crippen LogP contribution in [0.25, 0.3) is 11.1 Å². The number of halogens is 3. The van der Waals surface area contributed by atoms with Crippen LogP contribution < -0.4 is 4.90 Å². The molecule has 2 saturated heterocycles. The number of rotatable bonds is 3. The predicted molar refractivity (Wildman–Crippen MR) is 144 cm³/mol. The van der Waals surface area contributed by atoms with Crippen molar-refractivity contribution in [2.24, 2.45) is 5.92 Å². The molecule has 5 rings (SSSR count). The zero-order valence-electron chi connectivity index (χ0n) is 24.1. The number of hydrogen-bond donors (Lipinski definition) is 1. The van der Waals surface area contributed by atoms with Gasteiger partial charge in [-0.2, -0.15) is 13.2 Å². The van der Waals surface area contributed by atoms with E-state index < -0.39 is 28.8 Å². The Morgan fingerprint density at radius 3 is 2.33 bits per heavy atom. The van der Waals surface area contributed by atoms with E-state index in [0.717, 1.165) is 0 Å². The summed E-state index contributed by atoms with van der Waals surface area (Å²) in [6.45, 7) is 12.6. The first-order valence-corrected chi connectivity index (χ1v) is 14.0. The lowest BCUT2D eigenvalue weighted by molar-refractivity contribution is -0.153. The summed E-state index contributed by atoms with van der Waals surface area (Å²) in [5.74, 6) is -0.244. The number of pyridine rings is 1. The molecule has 2 amide bonds. The third kappa shape index (κ3) is 5.17. The van der Waals surface area contributed by atoms with Gasteiger partial charge in [-0.05, 0) is 57.9 Å². The Balaban J connectivity index is 1.42. The van der Waals surface area contributed by atoms with Crippen molar-refractivity contribution in [3.8, 4) is 0 Å². The molecule has 0 unspecified atom stereocenters. The lowest BCUT2D eigenvalue weighted by Crippen LogP contribution is -2.63. The van der Waals surface area contributed by atoms with Gasteiger partial charge in [0.15, 0.2) is 11.3 Å². The van der Waals surface area contributed by atoms with Gasteiger partial charge in [-0.1, -0.05) is 20.8 Å². The van der Waals surface area contributed by atoms with E-state index in [2.05, 4.69) is 4.98 Å². The van der Waals surface area contributed by atoms with Crippen molar-refractivity contribution >= 4 is 28.7 Å². The molecule has 0 radical (unpaired) electrons. The van der Waals surface area contributed by atoms with Crippen LogP contribution in [0.15, 0.2) is 16.5 Å². The lowest BCUT2D eigenvalue weighted by atomic mass is 9.71. The van der Waals surface area contributed by atoms with Gasteiger partial charge in [-0.3, -0.25) is 9.59 Å². The zero-order chi connectivity index (χ0) is 29.4. The van der Waals surface area contributed by atoms with Gasteiger partial charge in [0, 0.05) is 43.7 Å². The van der Waals surface area contributed by atoms with Gasteiger partial charge >= 0.3 is 6.18 Å². The molecule has 2 aromatic rings.